The number of rotatable bonds is 6. The number of carbonyl (C=O) groups excluding carboxylic acids is 1. The highest BCUT2D eigenvalue weighted by atomic mass is 16.5. The number of methoxy groups -OCH3 is 1. The van der Waals surface area contributed by atoms with E-state index in [4.69, 9.17) is 9.84 Å². The van der Waals surface area contributed by atoms with Crippen molar-refractivity contribution in [3.8, 4) is 0 Å². The molecule has 1 aliphatic rings. The van der Waals surface area contributed by atoms with Gasteiger partial charge in [0.15, 0.2) is 0 Å². The van der Waals surface area contributed by atoms with Crippen molar-refractivity contribution in [3.63, 3.8) is 0 Å². The molecule has 0 aromatic rings. The van der Waals surface area contributed by atoms with Crippen LogP contribution in [-0.4, -0.2) is 62.3 Å². The third kappa shape index (κ3) is 3.68. The van der Waals surface area contributed by atoms with Crippen LogP contribution in [0.4, 0.5) is 0 Å². The summed E-state index contributed by atoms with van der Waals surface area (Å²) >= 11 is 0. The van der Waals surface area contributed by atoms with Gasteiger partial charge in [-0.25, -0.2) is 0 Å². The van der Waals surface area contributed by atoms with Gasteiger partial charge in [-0.3, -0.25) is 9.59 Å². The topological polar surface area (TPSA) is 78.9 Å². The highest BCUT2D eigenvalue weighted by molar-refractivity contribution is 5.83. The molecule has 1 rings (SSSR count). The molecule has 1 saturated heterocycles. The summed E-state index contributed by atoms with van der Waals surface area (Å²) in [5.41, 5.74) is -0.493. The van der Waals surface area contributed by atoms with E-state index in [1.54, 1.807) is 14.2 Å². The molecule has 1 heterocycles. The quantitative estimate of drug-likeness (QED) is 0.697. The van der Waals surface area contributed by atoms with Crippen LogP contribution in [0.1, 0.15) is 19.3 Å². The average molecular weight is 258 g/mol. The van der Waals surface area contributed by atoms with Gasteiger partial charge < -0.3 is 20.1 Å². The first-order chi connectivity index (χ1) is 8.52. The molecule has 0 radical (unpaired) electrons. The number of ether oxygens (including phenoxy) is 1. The third-order valence-corrected chi connectivity index (χ3v) is 3.44. The summed E-state index contributed by atoms with van der Waals surface area (Å²) in [5, 5.41) is 11.9. The Morgan fingerprint density at radius 2 is 2.00 bits per heavy atom. The molecule has 0 aromatic heterocycles. The summed E-state index contributed by atoms with van der Waals surface area (Å²) < 4.78 is 5.19. The monoisotopic (exact) mass is 258 g/mol. The number of hydrogen-bond acceptors (Lipinski definition) is 4. The van der Waals surface area contributed by atoms with Gasteiger partial charge in [0.25, 0.3) is 0 Å². The number of hydrogen-bond donors (Lipinski definition) is 2. The second-order valence-electron chi connectivity index (χ2n) is 4.83. The Labute approximate surface area is 107 Å². The van der Waals surface area contributed by atoms with E-state index in [9.17, 15) is 9.59 Å². The average Bonchev–Trinajstić information content (AvgIpc) is 2.36. The molecule has 1 aliphatic heterocycles. The van der Waals surface area contributed by atoms with E-state index >= 15 is 0 Å². The second-order valence-corrected chi connectivity index (χ2v) is 4.83. The molecular formula is C12H22N2O4. The van der Waals surface area contributed by atoms with Gasteiger partial charge in [-0.1, -0.05) is 0 Å². The van der Waals surface area contributed by atoms with Gasteiger partial charge >= 0.3 is 5.97 Å². The third-order valence-electron chi connectivity index (χ3n) is 3.44. The molecule has 0 atom stereocenters. The zero-order chi connectivity index (χ0) is 13.6. The Bertz CT molecular complexity index is 295. The molecule has 0 aliphatic carbocycles. The van der Waals surface area contributed by atoms with Crippen molar-refractivity contribution in [3.05, 3.63) is 0 Å². The lowest BCUT2D eigenvalue weighted by Gasteiger charge is -2.38. The Morgan fingerprint density at radius 3 is 2.50 bits per heavy atom. The molecule has 0 saturated carbocycles. The number of nitrogens with zero attached hydrogens (tertiary/aromatic N) is 1. The largest absolute Gasteiger partial charge is 0.481 e. The molecule has 18 heavy (non-hydrogen) atoms. The zero-order valence-corrected chi connectivity index (χ0v) is 11.1. The van der Waals surface area contributed by atoms with E-state index < -0.39 is 11.4 Å². The predicted molar refractivity (Wildman–Crippen MR) is 66.3 cm³/mol. The van der Waals surface area contributed by atoms with E-state index in [1.807, 2.05) is 0 Å². The first-order valence-corrected chi connectivity index (χ1v) is 6.19. The van der Waals surface area contributed by atoms with Crippen molar-refractivity contribution >= 4 is 11.9 Å². The van der Waals surface area contributed by atoms with Crippen LogP contribution in [-0.2, 0) is 14.3 Å². The minimum absolute atomic E-state index is 0.00731. The van der Waals surface area contributed by atoms with Crippen LogP contribution in [0, 0.1) is 5.41 Å². The van der Waals surface area contributed by atoms with Gasteiger partial charge in [0.05, 0.1) is 18.4 Å². The number of nitrogens with one attached hydrogen (secondary N) is 1. The molecule has 0 bridgehead atoms. The second kappa shape index (κ2) is 6.70. The molecule has 2 N–H and O–H groups in total. The van der Waals surface area contributed by atoms with E-state index in [2.05, 4.69) is 5.32 Å². The van der Waals surface area contributed by atoms with Gasteiger partial charge in [0.1, 0.15) is 0 Å². The minimum Gasteiger partial charge on any atom is -0.481 e. The molecule has 104 valence electrons. The van der Waals surface area contributed by atoms with Gasteiger partial charge in [0, 0.05) is 20.7 Å². The lowest BCUT2D eigenvalue weighted by Crippen LogP contribution is -2.50. The highest BCUT2D eigenvalue weighted by Crippen LogP contribution is 2.31. The van der Waals surface area contributed by atoms with Crippen molar-refractivity contribution in [1.82, 2.24) is 10.2 Å². The normalized spacial score (nSPS) is 18.3. The fraction of sp³-hybridized carbons (Fsp3) is 0.833. The smallest absolute Gasteiger partial charge is 0.305 e. The van der Waals surface area contributed by atoms with E-state index in [0.29, 0.717) is 6.61 Å². The van der Waals surface area contributed by atoms with Crippen molar-refractivity contribution in [2.45, 2.75) is 19.3 Å². The summed E-state index contributed by atoms with van der Waals surface area (Å²) in [6.45, 7) is 2.22. The minimum atomic E-state index is -0.888. The Hall–Kier alpha value is -1.14. The number of amides is 1. The standard InChI is InChI=1S/C12H22N2O4/c1-14(8-3-10(15)16)11(17)12(9-18-2)4-6-13-7-5-12/h13H,3-9H2,1-2H3,(H,15,16). The SMILES string of the molecule is COCC1(C(=O)N(C)CCC(=O)O)CCNCC1. The fourth-order valence-electron chi connectivity index (χ4n) is 2.37. The van der Waals surface area contributed by atoms with Crippen LogP contribution in [0.2, 0.25) is 0 Å². The van der Waals surface area contributed by atoms with Crippen LogP contribution in [0.5, 0.6) is 0 Å². The van der Waals surface area contributed by atoms with Gasteiger partial charge in [-0.05, 0) is 25.9 Å². The number of carboxylic acid groups (broad SMARTS) is 1. The molecule has 1 amide bonds. The molecule has 6 nitrogen and oxygen atoms in total. The first kappa shape index (κ1) is 14.9. The lowest BCUT2D eigenvalue weighted by molar-refractivity contribution is -0.147. The summed E-state index contributed by atoms with van der Waals surface area (Å²) in [4.78, 5) is 24.5. The van der Waals surface area contributed by atoms with Crippen LogP contribution in [0.25, 0.3) is 0 Å². The lowest BCUT2D eigenvalue weighted by atomic mass is 9.78. The molecule has 0 unspecified atom stereocenters. The summed E-state index contributed by atoms with van der Waals surface area (Å²) in [5.74, 6) is -0.896. The van der Waals surface area contributed by atoms with Crippen molar-refractivity contribution in [2.24, 2.45) is 5.41 Å². The summed E-state index contributed by atoms with van der Waals surface area (Å²) in [6.07, 6.45) is 1.44. The van der Waals surface area contributed by atoms with Crippen LogP contribution in [0.3, 0.4) is 0 Å². The fourth-order valence-corrected chi connectivity index (χ4v) is 2.37. The first-order valence-electron chi connectivity index (χ1n) is 6.19. The Morgan fingerprint density at radius 1 is 1.39 bits per heavy atom. The number of carbonyl (C=O) groups is 2. The summed E-state index contributed by atoms with van der Waals surface area (Å²) in [7, 11) is 3.25. The van der Waals surface area contributed by atoms with Gasteiger partial charge in [0.2, 0.25) is 5.91 Å². The molecule has 0 aromatic carbocycles. The Kier molecular flexibility index (Phi) is 5.55. The van der Waals surface area contributed by atoms with E-state index in [0.717, 1.165) is 25.9 Å². The van der Waals surface area contributed by atoms with Crippen LogP contribution >= 0.6 is 0 Å². The van der Waals surface area contributed by atoms with Crippen LogP contribution < -0.4 is 5.32 Å². The number of aliphatic carboxylic acids is 1. The van der Waals surface area contributed by atoms with Crippen molar-refractivity contribution < 1.29 is 19.4 Å². The number of carboxylic acids is 1. The summed E-state index contributed by atoms with van der Waals surface area (Å²) in [6, 6.07) is 0. The highest BCUT2D eigenvalue weighted by Gasteiger charge is 2.41. The predicted octanol–water partition coefficient (Wildman–Crippen LogP) is -0.0643. The van der Waals surface area contributed by atoms with Gasteiger partial charge in [-0.15, -0.1) is 0 Å². The molecule has 0 spiro atoms. The number of piperidine rings is 1. The van der Waals surface area contributed by atoms with Crippen LogP contribution in [0.15, 0.2) is 0 Å². The van der Waals surface area contributed by atoms with E-state index in [1.165, 1.54) is 4.90 Å². The van der Waals surface area contributed by atoms with Crippen molar-refractivity contribution in [2.75, 3.05) is 40.4 Å². The maximum atomic E-state index is 12.4. The molecular weight excluding hydrogens is 236 g/mol. The maximum absolute atomic E-state index is 12.4. The molecule has 6 heteroatoms. The van der Waals surface area contributed by atoms with Gasteiger partial charge in [-0.2, -0.15) is 0 Å². The zero-order valence-electron chi connectivity index (χ0n) is 11.1. The molecule has 1 fully saturated rings. The van der Waals surface area contributed by atoms with Crippen molar-refractivity contribution in [1.29, 1.82) is 0 Å². The Balaban J connectivity index is 2.66. The van der Waals surface area contributed by atoms with E-state index in [-0.39, 0.29) is 18.9 Å². The maximum Gasteiger partial charge on any atom is 0.305 e.